The predicted octanol–water partition coefficient (Wildman–Crippen LogP) is 0.975. The molecule has 1 N–H and O–H groups in total. The summed E-state index contributed by atoms with van der Waals surface area (Å²) in [5.41, 5.74) is 0. The molecule has 0 atom stereocenters. The lowest BCUT2D eigenvalue weighted by Crippen LogP contribution is -1.84. The van der Waals surface area contributed by atoms with Crippen molar-refractivity contribution >= 4 is 0 Å². The van der Waals surface area contributed by atoms with E-state index < -0.39 is 0 Å². The van der Waals surface area contributed by atoms with E-state index >= 15 is 0 Å². The summed E-state index contributed by atoms with van der Waals surface area (Å²) in [6.07, 6.45) is 10.2. The van der Waals surface area contributed by atoms with Crippen LogP contribution in [-0.2, 0) is 6.42 Å². The second-order valence-electron chi connectivity index (χ2n) is 1.74. The summed E-state index contributed by atoms with van der Waals surface area (Å²) < 4.78 is 0. The maximum atomic E-state index is 5.05. The van der Waals surface area contributed by atoms with Gasteiger partial charge in [-0.2, -0.15) is 0 Å². The average Bonchev–Trinajstić information content (AvgIpc) is 2.34. The van der Waals surface area contributed by atoms with E-state index in [0.29, 0.717) is 0 Å². The van der Waals surface area contributed by atoms with Crippen molar-refractivity contribution in [2.24, 2.45) is 0 Å². The minimum atomic E-state index is 0.757. The van der Waals surface area contributed by atoms with Crippen LogP contribution in [0.1, 0.15) is 12.2 Å². The van der Waals surface area contributed by atoms with Gasteiger partial charge >= 0.3 is 0 Å². The molecular formula is C7H8N2. The zero-order chi connectivity index (χ0) is 6.53. The number of nitrogens with zero attached hydrogens (tertiary/aromatic N) is 1. The van der Waals surface area contributed by atoms with Crippen molar-refractivity contribution in [3.63, 3.8) is 0 Å². The topological polar surface area (TPSA) is 28.7 Å². The second kappa shape index (κ2) is 2.93. The number of terminal acetylenes is 1. The zero-order valence-electron chi connectivity index (χ0n) is 5.09. The van der Waals surface area contributed by atoms with E-state index in [1.54, 1.807) is 12.4 Å². The number of imidazole rings is 1. The fourth-order valence-electron chi connectivity index (χ4n) is 0.625. The van der Waals surface area contributed by atoms with E-state index in [1.165, 1.54) is 0 Å². The molecule has 2 heteroatoms. The molecular weight excluding hydrogens is 112 g/mol. The van der Waals surface area contributed by atoms with Crippen molar-refractivity contribution in [1.82, 2.24) is 9.97 Å². The third kappa shape index (κ3) is 1.61. The van der Waals surface area contributed by atoms with Gasteiger partial charge in [-0.25, -0.2) is 4.98 Å². The van der Waals surface area contributed by atoms with Gasteiger partial charge in [0.25, 0.3) is 0 Å². The van der Waals surface area contributed by atoms with Gasteiger partial charge in [0.05, 0.1) is 0 Å². The lowest BCUT2D eigenvalue weighted by Gasteiger charge is -1.85. The second-order valence-corrected chi connectivity index (χ2v) is 1.74. The standard InChI is InChI=1S/C7H8N2/c1-2-3-4-7-8-5-6-9-7/h1,5-6H,3-4H2,(H,8,9). The predicted molar refractivity (Wildman–Crippen MR) is 35.7 cm³/mol. The monoisotopic (exact) mass is 120 g/mol. The molecule has 1 heterocycles. The molecule has 0 aliphatic rings. The Balaban J connectivity index is 2.41. The van der Waals surface area contributed by atoms with E-state index in [9.17, 15) is 0 Å². The molecule has 0 aliphatic carbocycles. The first kappa shape index (κ1) is 5.90. The summed E-state index contributed by atoms with van der Waals surface area (Å²) in [5, 5.41) is 0. The van der Waals surface area contributed by atoms with Crippen LogP contribution in [0.2, 0.25) is 0 Å². The first-order valence-corrected chi connectivity index (χ1v) is 2.85. The summed E-state index contributed by atoms with van der Waals surface area (Å²) >= 11 is 0. The van der Waals surface area contributed by atoms with Crippen molar-refractivity contribution in [2.45, 2.75) is 12.8 Å². The summed E-state index contributed by atoms with van der Waals surface area (Å²) in [4.78, 5) is 6.97. The molecule has 9 heavy (non-hydrogen) atoms. The number of rotatable bonds is 2. The molecule has 0 aromatic carbocycles. The Bertz CT molecular complexity index is 193. The third-order valence-electron chi connectivity index (χ3n) is 1.06. The molecule has 46 valence electrons. The maximum absolute atomic E-state index is 5.05. The van der Waals surface area contributed by atoms with Crippen LogP contribution in [-0.4, -0.2) is 9.97 Å². The van der Waals surface area contributed by atoms with Crippen molar-refractivity contribution < 1.29 is 0 Å². The highest BCUT2D eigenvalue weighted by Gasteiger charge is 1.89. The van der Waals surface area contributed by atoms with Crippen LogP contribution in [0.4, 0.5) is 0 Å². The van der Waals surface area contributed by atoms with Gasteiger partial charge < -0.3 is 4.98 Å². The van der Waals surface area contributed by atoms with Gasteiger partial charge in [-0.1, -0.05) is 0 Å². The van der Waals surface area contributed by atoms with E-state index in [4.69, 9.17) is 6.42 Å². The lowest BCUT2D eigenvalue weighted by atomic mass is 10.3. The van der Waals surface area contributed by atoms with Gasteiger partial charge in [0.1, 0.15) is 5.82 Å². The van der Waals surface area contributed by atoms with E-state index in [1.807, 2.05) is 0 Å². The molecule has 1 aromatic heterocycles. The minimum absolute atomic E-state index is 0.757. The average molecular weight is 120 g/mol. The van der Waals surface area contributed by atoms with Gasteiger partial charge in [0.15, 0.2) is 0 Å². The van der Waals surface area contributed by atoms with Gasteiger partial charge in [0.2, 0.25) is 0 Å². The number of nitrogens with one attached hydrogen (secondary N) is 1. The summed E-state index contributed by atoms with van der Waals surface area (Å²) in [6, 6.07) is 0. The van der Waals surface area contributed by atoms with Crippen molar-refractivity contribution in [3.05, 3.63) is 18.2 Å². The van der Waals surface area contributed by atoms with Gasteiger partial charge in [-0.3, -0.25) is 0 Å². The first-order valence-electron chi connectivity index (χ1n) is 2.85. The number of aryl methyl sites for hydroxylation is 1. The third-order valence-corrected chi connectivity index (χ3v) is 1.06. The molecule has 0 unspecified atom stereocenters. The fraction of sp³-hybridized carbons (Fsp3) is 0.286. The van der Waals surface area contributed by atoms with E-state index in [2.05, 4.69) is 15.9 Å². The highest BCUT2D eigenvalue weighted by Crippen LogP contribution is 1.91. The highest BCUT2D eigenvalue weighted by atomic mass is 14.9. The van der Waals surface area contributed by atoms with Gasteiger partial charge in [0, 0.05) is 25.2 Å². The number of hydrogen-bond acceptors (Lipinski definition) is 1. The molecule has 0 aliphatic heterocycles. The number of H-pyrrole nitrogens is 1. The van der Waals surface area contributed by atoms with E-state index in [0.717, 1.165) is 18.7 Å². The molecule has 2 nitrogen and oxygen atoms in total. The Morgan fingerprint density at radius 1 is 1.78 bits per heavy atom. The van der Waals surface area contributed by atoms with Crippen LogP contribution in [0.25, 0.3) is 0 Å². The van der Waals surface area contributed by atoms with Crippen LogP contribution in [0, 0.1) is 12.3 Å². The van der Waals surface area contributed by atoms with Crippen LogP contribution in [0.15, 0.2) is 12.4 Å². The number of aromatic amines is 1. The smallest absolute Gasteiger partial charge is 0.106 e. The van der Waals surface area contributed by atoms with Crippen LogP contribution in [0.5, 0.6) is 0 Å². The fourth-order valence-corrected chi connectivity index (χ4v) is 0.625. The molecule has 0 amide bonds. The lowest BCUT2D eigenvalue weighted by molar-refractivity contribution is 0.926. The highest BCUT2D eigenvalue weighted by molar-refractivity contribution is 4.93. The van der Waals surface area contributed by atoms with E-state index in [-0.39, 0.29) is 0 Å². The van der Waals surface area contributed by atoms with Crippen LogP contribution in [0.3, 0.4) is 0 Å². The Labute approximate surface area is 54.3 Å². The molecule has 0 radical (unpaired) electrons. The summed E-state index contributed by atoms with van der Waals surface area (Å²) in [5.74, 6) is 3.51. The molecule has 0 saturated carbocycles. The van der Waals surface area contributed by atoms with Crippen LogP contribution < -0.4 is 0 Å². The maximum Gasteiger partial charge on any atom is 0.106 e. The van der Waals surface area contributed by atoms with Crippen molar-refractivity contribution in [2.75, 3.05) is 0 Å². The largest absolute Gasteiger partial charge is 0.349 e. The van der Waals surface area contributed by atoms with Gasteiger partial charge in [-0.15, -0.1) is 12.3 Å². The Kier molecular flexibility index (Phi) is 1.92. The molecule has 0 spiro atoms. The molecule has 1 aromatic rings. The van der Waals surface area contributed by atoms with Crippen LogP contribution >= 0.6 is 0 Å². The Hall–Kier alpha value is -1.23. The number of hydrogen-bond donors (Lipinski definition) is 1. The quantitative estimate of drug-likeness (QED) is 0.579. The minimum Gasteiger partial charge on any atom is -0.349 e. The van der Waals surface area contributed by atoms with Crippen molar-refractivity contribution in [3.8, 4) is 12.3 Å². The summed E-state index contributed by atoms with van der Waals surface area (Å²) in [6.45, 7) is 0. The van der Waals surface area contributed by atoms with Crippen molar-refractivity contribution in [1.29, 1.82) is 0 Å². The molecule has 0 saturated heterocycles. The molecule has 0 bridgehead atoms. The van der Waals surface area contributed by atoms with Gasteiger partial charge in [-0.05, 0) is 0 Å². The Morgan fingerprint density at radius 3 is 3.22 bits per heavy atom. The summed E-state index contributed by atoms with van der Waals surface area (Å²) in [7, 11) is 0. The zero-order valence-corrected chi connectivity index (χ0v) is 5.09. The Morgan fingerprint density at radius 2 is 2.67 bits per heavy atom. The first-order chi connectivity index (χ1) is 4.43. The SMILES string of the molecule is C#CCCc1ncc[nH]1. The number of aromatic nitrogens is 2. The molecule has 1 rings (SSSR count). The molecule has 0 fully saturated rings. The normalized spacial score (nSPS) is 8.78.